The molecule has 1 fully saturated rings. The van der Waals surface area contributed by atoms with E-state index in [2.05, 4.69) is 10.6 Å². The van der Waals surface area contributed by atoms with Crippen LogP contribution in [0.5, 0.6) is 5.75 Å². The van der Waals surface area contributed by atoms with Crippen LogP contribution < -0.4 is 15.4 Å². The maximum absolute atomic E-state index is 13.5. The van der Waals surface area contributed by atoms with Gasteiger partial charge in [0.15, 0.2) is 17.3 Å². The molecule has 0 radical (unpaired) electrons. The highest BCUT2D eigenvalue weighted by Crippen LogP contribution is 2.18. The Balaban J connectivity index is 1.83. The number of amides is 1. The zero-order valence-electron chi connectivity index (χ0n) is 11.9. The molecule has 2 N–H and O–H groups in total. The highest BCUT2D eigenvalue weighted by molar-refractivity contribution is 5.98. The Kier molecular flexibility index (Phi) is 5.27. The second kappa shape index (κ2) is 7.17. The van der Waals surface area contributed by atoms with Gasteiger partial charge in [-0.25, -0.2) is 4.39 Å². The summed E-state index contributed by atoms with van der Waals surface area (Å²) in [6, 6.07) is 4.20. The van der Waals surface area contributed by atoms with Crippen molar-refractivity contribution < 1.29 is 18.7 Å². The fourth-order valence-electron chi connectivity index (χ4n) is 2.29. The number of rotatable bonds is 6. The number of ether oxygens (including phenoxy) is 1. The van der Waals surface area contributed by atoms with Crippen LogP contribution in [0, 0.1) is 5.82 Å². The van der Waals surface area contributed by atoms with E-state index >= 15 is 0 Å². The lowest BCUT2D eigenvalue weighted by Gasteiger charge is -2.11. The van der Waals surface area contributed by atoms with Crippen LogP contribution >= 0.6 is 0 Å². The Labute approximate surface area is 122 Å². The number of carbonyl (C=O) groups excluding carboxylic acids is 2. The van der Waals surface area contributed by atoms with Gasteiger partial charge in [-0.05, 0) is 31.2 Å². The number of benzene rings is 1. The first kappa shape index (κ1) is 15.4. The van der Waals surface area contributed by atoms with Crippen molar-refractivity contribution in [3.05, 3.63) is 29.6 Å². The van der Waals surface area contributed by atoms with E-state index in [1.54, 1.807) is 0 Å². The van der Waals surface area contributed by atoms with Crippen molar-refractivity contribution in [2.45, 2.75) is 25.3 Å². The molecular formula is C15H19FN2O3. The highest BCUT2D eigenvalue weighted by Gasteiger charge is 2.17. The van der Waals surface area contributed by atoms with Crippen molar-refractivity contribution in [2.75, 3.05) is 20.2 Å². The number of methoxy groups -OCH3 is 1. The Morgan fingerprint density at radius 1 is 1.43 bits per heavy atom. The molecule has 1 saturated heterocycles. The summed E-state index contributed by atoms with van der Waals surface area (Å²) in [7, 11) is 1.36. The molecule has 2 rings (SSSR count). The van der Waals surface area contributed by atoms with Crippen molar-refractivity contribution in [3.8, 4) is 5.75 Å². The number of hydrogen-bond donors (Lipinski definition) is 2. The Morgan fingerprint density at radius 3 is 2.86 bits per heavy atom. The van der Waals surface area contributed by atoms with E-state index in [0.717, 1.165) is 25.6 Å². The van der Waals surface area contributed by atoms with Gasteiger partial charge in [-0.15, -0.1) is 0 Å². The van der Waals surface area contributed by atoms with Crippen molar-refractivity contribution in [1.82, 2.24) is 10.6 Å². The largest absolute Gasteiger partial charge is 0.494 e. The summed E-state index contributed by atoms with van der Waals surface area (Å²) in [6.45, 7) is 1.67. The molecule has 1 aliphatic rings. The molecule has 0 aliphatic carbocycles. The minimum atomic E-state index is -0.579. The molecule has 5 nitrogen and oxygen atoms in total. The number of hydrogen-bond acceptors (Lipinski definition) is 4. The second-order valence-corrected chi connectivity index (χ2v) is 5.03. The van der Waals surface area contributed by atoms with Gasteiger partial charge in [0.2, 0.25) is 5.91 Å². The van der Waals surface area contributed by atoms with Gasteiger partial charge in [-0.1, -0.05) is 0 Å². The second-order valence-electron chi connectivity index (χ2n) is 5.03. The number of halogens is 1. The third kappa shape index (κ3) is 4.26. The molecule has 6 heteroatoms. The number of carbonyl (C=O) groups is 2. The number of ketones is 1. The van der Waals surface area contributed by atoms with Crippen LogP contribution in [0.4, 0.5) is 4.39 Å². The van der Waals surface area contributed by atoms with Gasteiger partial charge in [-0.3, -0.25) is 9.59 Å². The lowest BCUT2D eigenvalue weighted by atomic mass is 10.1. The molecule has 0 saturated carbocycles. The lowest BCUT2D eigenvalue weighted by Crippen LogP contribution is -2.36. The predicted octanol–water partition coefficient (Wildman–Crippen LogP) is 1.28. The van der Waals surface area contributed by atoms with Crippen LogP contribution in [0.2, 0.25) is 0 Å². The number of nitrogens with one attached hydrogen (secondary N) is 2. The van der Waals surface area contributed by atoms with E-state index in [9.17, 15) is 14.0 Å². The smallest absolute Gasteiger partial charge is 0.220 e. The third-order valence-electron chi connectivity index (χ3n) is 3.48. The SMILES string of the molecule is COc1ccc(C(=O)CCC(=O)NC2CCNC2)cc1F. The Bertz CT molecular complexity index is 528. The van der Waals surface area contributed by atoms with Crippen LogP contribution in [-0.2, 0) is 4.79 Å². The summed E-state index contributed by atoms with van der Waals surface area (Å²) in [5, 5.41) is 6.02. The summed E-state index contributed by atoms with van der Waals surface area (Å²) in [6.07, 6.45) is 1.09. The van der Waals surface area contributed by atoms with Gasteiger partial charge in [0, 0.05) is 31.0 Å². The molecule has 114 valence electrons. The molecule has 1 amide bonds. The molecule has 21 heavy (non-hydrogen) atoms. The fraction of sp³-hybridized carbons (Fsp3) is 0.467. The maximum atomic E-state index is 13.5. The molecular weight excluding hydrogens is 275 g/mol. The van der Waals surface area contributed by atoms with Crippen LogP contribution in [0.15, 0.2) is 18.2 Å². The molecule has 1 heterocycles. The molecule has 1 aromatic carbocycles. The van der Waals surface area contributed by atoms with Crippen LogP contribution in [0.25, 0.3) is 0 Å². The maximum Gasteiger partial charge on any atom is 0.220 e. The molecule has 1 aromatic rings. The van der Waals surface area contributed by atoms with E-state index < -0.39 is 5.82 Å². The van der Waals surface area contributed by atoms with Gasteiger partial charge in [0.1, 0.15) is 0 Å². The average Bonchev–Trinajstić information content (AvgIpc) is 2.97. The van der Waals surface area contributed by atoms with Crippen LogP contribution in [0.3, 0.4) is 0 Å². The number of Topliss-reactive ketones (excluding diaryl/α,β-unsaturated/α-hetero) is 1. The third-order valence-corrected chi connectivity index (χ3v) is 3.48. The van der Waals surface area contributed by atoms with E-state index in [-0.39, 0.29) is 41.9 Å². The molecule has 1 aliphatic heterocycles. The molecule has 1 atom stereocenters. The summed E-state index contributed by atoms with van der Waals surface area (Å²) >= 11 is 0. The van der Waals surface area contributed by atoms with Crippen molar-refractivity contribution in [3.63, 3.8) is 0 Å². The standard InChI is InChI=1S/C15H19FN2O3/c1-21-14-4-2-10(8-12(14)16)13(19)3-5-15(20)18-11-6-7-17-9-11/h2,4,8,11,17H,3,5-7,9H2,1H3,(H,18,20). The summed E-state index contributed by atoms with van der Waals surface area (Å²) in [4.78, 5) is 23.7. The monoisotopic (exact) mass is 294 g/mol. The van der Waals surface area contributed by atoms with Crippen LogP contribution in [0.1, 0.15) is 29.6 Å². The molecule has 0 bridgehead atoms. The predicted molar refractivity (Wildman–Crippen MR) is 75.9 cm³/mol. The van der Waals surface area contributed by atoms with E-state index in [0.29, 0.717) is 0 Å². The Hall–Kier alpha value is -1.95. The van der Waals surface area contributed by atoms with E-state index in [1.165, 1.54) is 19.2 Å². The summed E-state index contributed by atoms with van der Waals surface area (Å²) < 4.78 is 18.3. The first-order valence-electron chi connectivity index (χ1n) is 6.97. The first-order chi connectivity index (χ1) is 10.1. The van der Waals surface area contributed by atoms with Gasteiger partial charge in [0.25, 0.3) is 0 Å². The molecule has 0 aromatic heterocycles. The van der Waals surface area contributed by atoms with Crippen molar-refractivity contribution in [2.24, 2.45) is 0 Å². The average molecular weight is 294 g/mol. The normalized spacial score (nSPS) is 17.5. The minimum absolute atomic E-state index is 0.0672. The summed E-state index contributed by atoms with van der Waals surface area (Å²) in [5.74, 6) is -0.884. The minimum Gasteiger partial charge on any atom is -0.494 e. The van der Waals surface area contributed by atoms with Crippen molar-refractivity contribution in [1.29, 1.82) is 0 Å². The molecule has 1 unspecified atom stereocenters. The first-order valence-corrected chi connectivity index (χ1v) is 6.97. The van der Waals surface area contributed by atoms with Crippen molar-refractivity contribution >= 4 is 11.7 Å². The van der Waals surface area contributed by atoms with E-state index in [4.69, 9.17) is 4.74 Å². The zero-order valence-corrected chi connectivity index (χ0v) is 11.9. The van der Waals surface area contributed by atoms with Gasteiger partial charge in [-0.2, -0.15) is 0 Å². The van der Waals surface area contributed by atoms with Gasteiger partial charge < -0.3 is 15.4 Å². The zero-order chi connectivity index (χ0) is 15.2. The topological polar surface area (TPSA) is 67.4 Å². The van der Waals surface area contributed by atoms with Crippen LogP contribution in [-0.4, -0.2) is 37.9 Å². The quantitative estimate of drug-likeness (QED) is 0.776. The molecule has 0 spiro atoms. The lowest BCUT2D eigenvalue weighted by molar-refractivity contribution is -0.121. The fourth-order valence-corrected chi connectivity index (χ4v) is 2.29. The van der Waals surface area contributed by atoms with Gasteiger partial charge in [0.05, 0.1) is 7.11 Å². The van der Waals surface area contributed by atoms with E-state index in [1.807, 2.05) is 0 Å². The Morgan fingerprint density at radius 2 is 2.24 bits per heavy atom. The summed E-state index contributed by atoms with van der Waals surface area (Å²) in [5.41, 5.74) is 0.253. The highest BCUT2D eigenvalue weighted by atomic mass is 19.1. The van der Waals surface area contributed by atoms with Gasteiger partial charge >= 0.3 is 0 Å².